The lowest BCUT2D eigenvalue weighted by molar-refractivity contribution is -0.136. The van der Waals surface area contributed by atoms with Crippen LogP contribution in [0.3, 0.4) is 0 Å². The fourth-order valence-electron chi connectivity index (χ4n) is 7.69. The van der Waals surface area contributed by atoms with Gasteiger partial charge in [-0.25, -0.2) is 11.0 Å². The number of anilines is 3. The molecule has 1 unspecified atom stereocenters. The lowest BCUT2D eigenvalue weighted by Gasteiger charge is -2.44. The Balaban J connectivity index is 1.06. The molecule has 0 spiro atoms. The first-order valence-corrected chi connectivity index (χ1v) is 17.1. The highest BCUT2D eigenvalue weighted by atomic mass is 19.1. The number of imide groups is 2. The number of aromatic nitrogens is 1. The van der Waals surface area contributed by atoms with E-state index in [2.05, 4.69) is 57.5 Å². The maximum atomic E-state index is 15.6. The van der Waals surface area contributed by atoms with Crippen molar-refractivity contribution in [2.75, 3.05) is 29.4 Å². The molecule has 4 amide bonds. The highest BCUT2D eigenvalue weighted by Crippen LogP contribution is 2.50. The molecule has 8 rings (SSSR count). The van der Waals surface area contributed by atoms with E-state index in [9.17, 15) is 19.2 Å². The van der Waals surface area contributed by atoms with Gasteiger partial charge in [-0.15, -0.1) is 0 Å². The van der Waals surface area contributed by atoms with Crippen molar-refractivity contribution < 1.29 is 28.1 Å². The number of carbonyl (C=O) groups excluding carboxylic acids is 4. The van der Waals surface area contributed by atoms with Gasteiger partial charge in [0, 0.05) is 67.3 Å². The molecular weight excluding hydrogens is 651 g/mol. The Kier molecular flexibility index (Phi) is 7.56. The molecule has 258 valence electrons. The number of benzene rings is 3. The van der Waals surface area contributed by atoms with E-state index in [0.29, 0.717) is 19.6 Å². The molecule has 4 aliphatic rings. The van der Waals surface area contributed by atoms with Gasteiger partial charge in [0.25, 0.3) is 17.4 Å². The predicted octanol–water partition coefficient (Wildman–Crippen LogP) is 5.99. The standard InChI is InChI=1S/C39H35FN6O5/c1-21-5-6-25(35-22(2)43-51-23(35)3)15-32(21)45(27-9-7-26(8-10-27)39(41-4)13-14-39)20-24-18-44(19-24)33-17-29-28(16-30(33)40)37(49)46(38(29)50)31-11-12-34(47)42-36(31)48/h5-10,15-17,24,31H,11-14,18-20H2,1-3H3,(H,42,47,48). The summed E-state index contributed by atoms with van der Waals surface area (Å²) in [7, 11) is 0. The maximum Gasteiger partial charge on any atom is 0.262 e. The molecule has 2 saturated heterocycles. The van der Waals surface area contributed by atoms with Gasteiger partial charge in [0.1, 0.15) is 17.6 Å². The van der Waals surface area contributed by atoms with Crippen molar-refractivity contribution in [1.29, 1.82) is 0 Å². The van der Waals surface area contributed by atoms with Crippen molar-refractivity contribution in [3.63, 3.8) is 0 Å². The van der Waals surface area contributed by atoms with Crippen LogP contribution in [-0.2, 0) is 15.1 Å². The van der Waals surface area contributed by atoms with Gasteiger partial charge in [0.05, 0.1) is 22.5 Å². The smallest absolute Gasteiger partial charge is 0.262 e. The molecular formula is C39H35FN6O5. The second-order valence-electron chi connectivity index (χ2n) is 14.1. The molecule has 12 heteroatoms. The van der Waals surface area contributed by atoms with Crippen LogP contribution in [-0.4, -0.2) is 59.4 Å². The number of hydrogen-bond acceptors (Lipinski definition) is 8. The summed E-state index contributed by atoms with van der Waals surface area (Å²) in [6.07, 6.45) is 1.76. The lowest BCUT2D eigenvalue weighted by atomic mass is 9.95. The number of aryl methyl sites for hydroxylation is 3. The van der Waals surface area contributed by atoms with E-state index in [1.165, 1.54) is 6.07 Å². The largest absolute Gasteiger partial charge is 0.368 e. The fraction of sp³-hybridized carbons (Fsp3) is 0.333. The summed E-state index contributed by atoms with van der Waals surface area (Å²) in [5.41, 5.74) is 6.57. The van der Waals surface area contributed by atoms with Crippen LogP contribution in [0.1, 0.15) is 69.0 Å². The number of amides is 4. The van der Waals surface area contributed by atoms with Crippen LogP contribution >= 0.6 is 0 Å². The van der Waals surface area contributed by atoms with E-state index in [4.69, 9.17) is 11.1 Å². The molecule has 1 atom stereocenters. The second kappa shape index (κ2) is 11.9. The molecule has 3 aromatic carbocycles. The van der Waals surface area contributed by atoms with Crippen molar-refractivity contribution in [2.45, 2.75) is 58.0 Å². The minimum atomic E-state index is -1.12. The summed E-state index contributed by atoms with van der Waals surface area (Å²) >= 11 is 0. The zero-order valence-corrected chi connectivity index (χ0v) is 28.5. The number of halogens is 1. The molecule has 51 heavy (non-hydrogen) atoms. The van der Waals surface area contributed by atoms with Crippen LogP contribution in [0.25, 0.3) is 16.0 Å². The number of rotatable bonds is 8. The topological polar surface area (TPSA) is 120 Å². The van der Waals surface area contributed by atoms with Gasteiger partial charge in [-0.2, -0.15) is 0 Å². The number of fused-ring (bicyclic) bond motifs is 1. The zero-order valence-electron chi connectivity index (χ0n) is 28.5. The third-order valence-electron chi connectivity index (χ3n) is 10.7. The van der Waals surface area contributed by atoms with Gasteiger partial charge in [-0.1, -0.05) is 17.3 Å². The van der Waals surface area contributed by atoms with Gasteiger partial charge in [0.15, 0.2) is 0 Å². The van der Waals surface area contributed by atoms with E-state index in [0.717, 1.165) is 68.9 Å². The summed E-state index contributed by atoms with van der Waals surface area (Å²) in [4.78, 5) is 59.6. The summed E-state index contributed by atoms with van der Waals surface area (Å²) in [6.45, 7) is 15.2. The third kappa shape index (κ3) is 5.35. The molecule has 11 nitrogen and oxygen atoms in total. The normalized spacial score (nSPS) is 19.5. The average molecular weight is 687 g/mol. The van der Waals surface area contributed by atoms with Crippen LogP contribution in [0, 0.1) is 39.1 Å². The molecule has 3 fully saturated rings. The van der Waals surface area contributed by atoms with Crippen LogP contribution in [0.5, 0.6) is 0 Å². The van der Waals surface area contributed by atoms with Crippen molar-refractivity contribution in [3.8, 4) is 11.1 Å². The molecule has 3 aliphatic heterocycles. The van der Waals surface area contributed by atoms with Gasteiger partial charge < -0.3 is 19.2 Å². The van der Waals surface area contributed by atoms with Crippen LogP contribution in [0.15, 0.2) is 59.1 Å². The van der Waals surface area contributed by atoms with Crippen LogP contribution < -0.4 is 15.1 Å². The molecule has 4 heterocycles. The van der Waals surface area contributed by atoms with Crippen molar-refractivity contribution in [1.82, 2.24) is 15.4 Å². The van der Waals surface area contributed by atoms with E-state index in [-0.39, 0.29) is 35.6 Å². The van der Waals surface area contributed by atoms with Gasteiger partial charge >= 0.3 is 0 Å². The fourth-order valence-corrected chi connectivity index (χ4v) is 7.69. The molecule has 4 aromatic rings. The van der Waals surface area contributed by atoms with E-state index in [1.807, 2.05) is 30.9 Å². The summed E-state index contributed by atoms with van der Waals surface area (Å²) in [5, 5.41) is 6.33. The minimum Gasteiger partial charge on any atom is -0.368 e. The lowest BCUT2D eigenvalue weighted by Crippen LogP contribution is -2.54. The van der Waals surface area contributed by atoms with Gasteiger partial charge in [-0.3, -0.25) is 29.4 Å². The Morgan fingerprint density at radius 2 is 1.71 bits per heavy atom. The first-order valence-electron chi connectivity index (χ1n) is 17.1. The van der Waals surface area contributed by atoms with Gasteiger partial charge in [0.2, 0.25) is 11.8 Å². The monoisotopic (exact) mass is 686 g/mol. The Hall–Kier alpha value is -5.83. The van der Waals surface area contributed by atoms with Crippen molar-refractivity contribution >= 4 is 40.7 Å². The highest BCUT2D eigenvalue weighted by Gasteiger charge is 2.52. The van der Waals surface area contributed by atoms with Crippen LogP contribution in [0.2, 0.25) is 0 Å². The summed E-state index contributed by atoms with van der Waals surface area (Å²) < 4.78 is 21.1. The summed E-state index contributed by atoms with van der Waals surface area (Å²) in [6, 6.07) is 15.9. The molecule has 0 bridgehead atoms. The Labute approximate surface area is 293 Å². The first kappa shape index (κ1) is 32.4. The number of carbonyl (C=O) groups is 4. The minimum absolute atomic E-state index is 0.00511. The quantitative estimate of drug-likeness (QED) is 0.177. The molecule has 1 aromatic heterocycles. The van der Waals surface area contributed by atoms with Gasteiger partial charge in [-0.05, 0) is 80.8 Å². The molecule has 1 N–H and O–H groups in total. The Morgan fingerprint density at radius 3 is 2.33 bits per heavy atom. The number of piperidine rings is 1. The molecule has 1 saturated carbocycles. The van der Waals surface area contributed by atoms with E-state index < -0.39 is 41.0 Å². The maximum absolute atomic E-state index is 15.6. The van der Waals surface area contributed by atoms with Crippen molar-refractivity contribution in [3.05, 3.63) is 106 Å². The SMILES string of the molecule is [C-]#[N+]C1(c2ccc(N(CC3CN(c4cc5c(cc4F)C(=O)N(C4CCC(=O)NC4=O)C5=O)C3)c3cc(-c4c(C)noc4C)ccc3C)cc2)CC1. The Bertz CT molecular complexity index is 2170. The van der Waals surface area contributed by atoms with Crippen LogP contribution in [0.4, 0.5) is 21.5 Å². The molecule has 0 radical (unpaired) electrons. The predicted molar refractivity (Wildman–Crippen MR) is 186 cm³/mol. The number of hydrogen-bond donors (Lipinski definition) is 1. The van der Waals surface area contributed by atoms with Crippen molar-refractivity contribution in [2.24, 2.45) is 5.92 Å². The third-order valence-corrected chi connectivity index (χ3v) is 10.7. The first-order chi connectivity index (χ1) is 24.5. The molecule has 1 aliphatic carbocycles. The van der Waals surface area contributed by atoms with E-state index in [1.54, 1.807) is 0 Å². The average Bonchev–Trinajstić information content (AvgIpc) is 3.78. The summed E-state index contributed by atoms with van der Waals surface area (Å²) in [5.74, 6) is -2.35. The van der Waals surface area contributed by atoms with E-state index >= 15 is 4.39 Å². The zero-order chi connectivity index (χ0) is 35.8. The second-order valence-corrected chi connectivity index (χ2v) is 14.1. The Morgan fingerprint density at radius 1 is 1.00 bits per heavy atom. The number of nitrogens with zero attached hydrogens (tertiary/aromatic N) is 5. The number of nitrogens with one attached hydrogen (secondary N) is 1. The highest BCUT2D eigenvalue weighted by molar-refractivity contribution is 6.23.